The van der Waals surface area contributed by atoms with Crippen LogP contribution in [0.2, 0.25) is 0 Å². The SMILES string of the molecule is CCCN(CCO)CCOc1ccc(C(C)(C)C)cc1. The van der Waals surface area contributed by atoms with Gasteiger partial charge in [0.25, 0.3) is 0 Å². The maximum absolute atomic E-state index is 9.00. The van der Waals surface area contributed by atoms with Crippen LogP contribution in [0.1, 0.15) is 39.7 Å². The largest absolute Gasteiger partial charge is 0.492 e. The lowest BCUT2D eigenvalue weighted by Crippen LogP contribution is -2.31. The Morgan fingerprint density at radius 3 is 2.20 bits per heavy atom. The van der Waals surface area contributed by atoms with Crippen molar-refractivity contribution in [1.29, 1.82) is 0 Å². The van der Waals surface area contributed by atoms with Gasteiger partial charge in [-0.25, -0.2) is 0 Å². The van der Waals surface area contributed by atoms with Crippen molar-refractivity contribution in [3.05, 3.63) is 29.8 Å². The van der Waals surface area contributed by atoms with Gasteiger partial charge in [0.2, 0.25) is 0 Å². The molecule has 1 aromatic carbocycles. The van der Waals surface area contributed by atoms with Crippen LogP contribution in [-0.2, 0) is 5.41 Å². The maximum atomic E-state index is 9.00. The van der Waals surface area contributed by atoms with Crippen LogP contribution in [-0.4, -0.2) is 42.9 Å². The first kappa shape index (κ1) is 17.0. The molecule has 20 heavy (non-hydrogen) atoms. The number of hydrogen-bond acceptors (Lipinski definition) is 3. The average Bonchev–Trinajstić information content (AvgIpc) is 2.39. The zero-order valence-electron chi connectivity index (χ0n) is 13.4. The number of aliphatic hydroxyl groups excluding tert-OH is 1. The molecule has 0 unspecified atom stereocenters. The fourth-order valence-corrected chi connectivity index (χ4v) is 2.14. The molecule has 1 N–H and O–H groups in total. The molecule has 0 atom stereocenters. The summed E-state index contributed by atoms with van der Waals surface area (Å²) in [5.74, 6) is 0.915. The molecule has 0 aliphatic heterocycles. The maximum Gasteiger partial charge on any atom is 0.119 e. The Bertz CT molecular complexity index is 362. The quantitative estimate of drug-likeness (QED) is 0.794. The van der Waals surface area contributed by atoms with Crippen LogP contribution in [0.25, 0.3) is 0 Å². The van der Waals surface area contributed by atoms with Crippen molar-refractivity contribution >= 4 is 0 Å². The third kappa shape index (κ3) is 5.93. The van der Waals surface area contributed by atoms with Crippen molar-refractivity contribution in [3.8, 4) is 5.75 Å². The van der Waals surface area contributed by atoms with Gasteiger partial charge in [0, 0.05) is 13.1 Å². The molecule has 0 amide bonds. The molecule has 0 saturated carbocycles. The van der Waals surface area contributed by atoms with Crippen molar-refractivity contribution < 1.29 is 9.84 Å². The number of rotatable bonds is 8. The summed E-state index contributed by atoms with van der Waals surface area (Å²) in [5, 5.41) is 9.00. The summed E-state index contributed by atoms with van der Waals surface area (Å²) in [5.41, 5.74) is 1.50. The smallest absolute Gasteiger partial charge is 0.119 e. The lowest BCUT2D eigenvalue weighted by Gasteiger charge is -2.21. The molecule has 0 bridgehead atoms. The van der Waals surface area contributed by atoms with Gasteiger partial charge in [-0.1, -0.05) is 39.8 Å². The Morgan fingerprint density at radius 2 is 1.70 bits per heavy atom. The Labute approximate surface area is 123 Å². The first-order valence-corrected chi connectivity index (χ1v) is 7.54. The molecular formula is C17H29NO2. The molecular weight excluding hydrogens is 250 g/mol. The molecule has 0 spiro atoms. The van der Waals surface area contributed by atoms with Crippen LogP contribution in [0.15, 0.2) is 24.3 Å². The second-order valence-electron chi connectivity index (χ2n) is 6.19. The predicted octanol–water partition coefficient (Wildman–Crippen LogP) is 3.07. The fraction of sp³-hybridized carbons (Fsp3) is 0.647. The van der Waals surface area contributed by atoms with Crippen LogP contribution in [0, 0.1) is 0 Å². The molecule has 0 radical (unpaired) electrons. The lowest BCUT2D eigenvalue weighted by molar-refractivity contribution is 0.168. The van der Waals surface area contributed by atoms with Crippen LogP contribution in [0.5, 0.6) is 5.75 Å². The Kier molecular flexibility index (Phi) is 7.03. The minimum Gasteiger partial charge on any atom is -0.492 e. The first-order chi connectivity index (χ1) is 9.47. The van der Waals surface area contributed by atoms with Crippen molar-refractivity contribution in [2.75, 3.05) is 32.8 Å². The van der Waals surface area contributed by atoms with E-state index in [4.69, 9.17) is 9.84 Å². The monoisotopic (exact) mass is 279 g/mol. The van der Waals surface area contributed by atoms with Crippen molar-refractivity contribution in [1.82, 2.24) is 4.90 Å². The van der Waals surface area contributed by atoms with Gasteiger partial charge in [-0.3, -0.25) is 4.90 Å². The highest BCUT2D eigenvalue weighted by Crippen LogP contribution is 2.24. The number of nitrogens with zero attached hydrogens (tertiary/aromatic N) is 1. The Morgan fingerprint density at radius 1 is 1.05 bits per heavy atom. The Hall–Kier alpha value is -1.06. The van der Waals surface area contributed by atoms with Gasteiger partial charge in [-0.15, -0.1) is 0 Å². The molecule has 1 aromatic rings. The zero-order chi connectivity index (χ0) is 15.0. The molecule has 3 heteroatoms. The third-order valence-corrected chi connectivity index (χ3v) is 3.35. The van der Waals surface area contributed by atoms with Gasteiger partial charge in [0.05, 0.1) is 6.61 Å². The summed E-state index contributed by atoms with van der Waals surface area (Å²) in [6, 6.07) is 8.34. The molecule has 3 nitrogen and oxygen atoms in total. The van der Waals surface area contributed by atoms with Crippen molar-refractivity contribution in [2.24, 2.45) is 0 Å². The standard InChI is InChI=1S/C17H29NO2/c1-5-10-18(11-13-19)12-14-20-16-8-6-15(7-9-16)17(2,3)4/h6-9,19H,5,10-14H2,1-4H3. The topological polar surface area (TPSA) is 32.7 Å². The summed E-state index contributed by atoms with van der Waals surface area (Å²) in [6.07, 6.45) is 1.10. The number of benzene rings is 1. The molecule has 0 aliphatic rings. The van der Waals surface area contributed by atoms with Crippen LogP contribution >= 0.6 is 0 Å². The van der Waals surface area contributed by atoms with Crippen molar-refractivity contribution in [2.45, 2.75) is 39.5 Å². The van der Waals surface area contributed by atoms with Crippen LogP contribution in [0.4, 0.5) is 0 Å². The second kappa shape index (κ2) is 8.28. The van der Waals surface area contributed by atoms with Gasteiger partial charge in [0.15, 0.2) is 0 Å². The van der Waals surface area contributed by atoms with E-state index < -0.39 is 0 Å². The summed E-state index contributed by atoms with van der Waals surface area (Å²) < 4.78 is 5.77. The van der Waals surface area contributed by atoms with Gasteiger partial charge in [-0.05, 0) is 36.1 Å². The number of hydrogen-bond donors (Lipinski definition) is 1. The third-order valence-electron chi connectivity index (χ3n) is 3.35. The highest BCUT2D eigenvalue weighted by atomic mass is 16.5. The van der Waals surface area contributed by atoms with E-state index in [-0.39, 0.29) is 12.0 Å². The van der Waals surface area contributed by atoms with Gasteiger partial charge in [-0.2, -0.15) is 0 Å². The van der Waals surface area contributed by atoms with Crippen LogP contribution in [0.3, 0.4) is 0 Å². The minimum atomic E-state index is 0.178. The normalized spacial score (nSPS) is 11.9. The van der Waals surface area contributed by atoms with Gasteiger partial charge >= 0.3 is 0 Å². The number of ether oxygens (including phenoxy) is 1. The van der Waals surface area contributed by atoms with E-state index in [2.05, 4.69) is 44.7 Å². The second-order valence-corrected chi connectivity index (χ2v) is 6.19. The highest BCUT2D eigenvalue weighted by molar-refractivity contribution is 5.31. The number of aliphatic hydroxyl groups is 1. The minimum absolute atomic E-state index is 0.178. The van der Waals surface area contributed by atoms with Crippen LogP contribution < -0.4 is 4.74 Å². The zero-order valence-corrected chi connectivity index (χ0v) is 13.4. The molecule has 0 aromatic heterocycles. The van der Waals surface area contributed by atoms with E-state index in [1.54, 1.807) is 0 Å². The highest BCUT2D eigenvalue weighted by Gasteiger charge is 2.13. The molecule has 1 rings (SSSR count). The van der Waals surface area contributed by atoms with Crippen molar-refractivity contribution in [3.63, 3.8) is 0 Å². The molecule has 114 valence electrons. The molecule has 0 fully saturated rings. The predicted molar refractivity (Wildman–Crippen MR) is 84.5 cm³/mol. The Balaban J connectivity index is 2.41. The van der Waals surface area contributed by atoms with E-state index in [9.17, 15) is 0 Å². The molecule has 0 aliphatic carbocycles. The summed E-state index contributed by atoms with van der Waals surface area (Å²) >= 11 is 0. The summed E-state index contributed by atoms with van der Waals surface area (Å²) in [6.45, 7) is 12.2. The van der Waals surface area contributed by atoms with E-state index >= 15 is 0 Å². The van der Waals surface area contributed by atoms with E-state index in [1.165, 1.54) is 5.56 Å². The molecule has 0 heterocycles. The average molecular weight is 279 g/mol. The fourth-order valence-electron chi connectivity index (χ4n) is 2.14. The van der Waals surface area contributed by atoms with Gasteiger partial charge < -0.3 is 9.84 Å². The van der Waals surface area contributed by atoms with Gasteiger partial charge in [0.1, 0.15) is 12.4 Å². The first-order valence-electron chi connectivity index (χ1n) is 7.54. The summed E-state index contributed by atoms with van der Waals surface area (Å²) in [7, 11) is 0. The van der Waals surface area contributed by atoms with E-state index in [0.29, 0.717) is 6.61 Å². The summed E-state index contributed by atoms with van der Waals surface area (Å²) in [4.78, 5) is 2.23. The molecule has 0 saturated heterocycles. The lowest BCUT2D eigenvalue weighted by atomic mass is 9.87. The van der Waals surface area contributed by atoms with E-state index in [1.807, 2.05) is 12.1 Å². The van der Waals surface area contributed by atoms with E-state index in [0.717, 1.165) is 31.8 Å².